The highest BCUT2D eigenvalue weighted by Crippen LogP contribution is 2.33. The van der Waals surface area contributed by atoms with Crippen molar-refractivity contribution in [2.45, 2.75) is 31.7 Å². The molecule has 1 aromatic rings. The molecule has 1 aromatic carbocycles. The SMILES string of the molecule is CCC(N)C(O)c1ccc(F)c(C(F)(F)F)c1. The second kappa shape index (κ2) is 5.01. The van der Waals surface area contributed by atoms with E-state index >= 15 is 0 Å². The Morgan fingerprint density at radius 3 is 2.41 bits per heavy atom. The van der Waals surface area contributed by atoms with Crippen LogP contribution in [0.4, 0.5) is 17.6 Å². The Bertz CT molecular complexity index is 392. The van der Waals surface area contributed by atoms with E-state index in [4.69, 9.17) is 5.73 Å². The van der Waals surface area contributed by atoms with Crippen LogP contribution in [0, 0.1) is 5.82 Å². The summed E-state index contributed by atoms with van der Waals surface area (Å²) < 4.78 is 50.2. The van der Waals surface area contributed by atoms with Crippen LogP contribution in [-0.2, 0) is 6.18 Å². The number of benzene rings is 1. The molecule has 1 rings (SSSR count). The smallest absolute Gasteiger partial charge is 0.387 e. The lowest BCUT2D eigenvalue weighted by molar-refractivity contribution is -0.140. The van der Waals surface area contributed by atoms with Crippen LogP contribution in [0.2, 0.25) is 0 Å². The van der Waals surface area contributed by atoms with Crippen molar-refractivity contribution in [2.24, 2.45) is 5.73 Å². The van der Waals surface area contributed by atoms with Crippen LogP contribution in [0.25, 0.3) is 0 Å². The molecule has 0 saturated carbocycles. The van der Waals surface area contributed by atoms with Crippen molar-refractivity contribution >= 4 is 0 Å². The molecule has 0 spiro atoms. The van der Waals surface area contributed by atoms with E-state index in [2.05, 4.69) is 0 Å². The van der Waals surface area contributed by atoms with Gasteiger partial charge in [0.25, 0.3) is 0 Å². The fourth-order valence-electron chi connectivity index (χ4n) is 1.41. The van der Waals surface area contributed by atoms with Gasteiger partial charge in [0.2, 0.25) is 0 Å². The van der Waals surface area contributed by atoms with Crippen molar-refractivity contribution in [3.8, 4) is 0 Å². The minimum Gasteiger partial charge on any atom is -0.387 e. The Hall–Kier alpha value is -1.14. The summed E-state index contributed by atoms with van der Waals surface area (Å²) in [7, 11) is 0. The van der Waals surface area contributed by atoms with Crippen molar-refractivity contribution in [3.05, 3.63) is 35.1 Å². The standard InChI is InChI=1S/C11H13F4NO/c1-2-9(16)10(17)6-3-4-8(12)7(5-6)11(13,14)15/h3-5,9-10,17H,2,16H2,1H3. The Labute approximate surface area is 96.1 Å². The van der Waals surface area contributed by atoms with Crippen molar-refractivity contribution in [3.63, 3.8) is 0 Å². The first-order chi connectivity index (χ1) is 7.77. The Morgan fingerprint density at radius 2 is 1.94 bits per heavy atom. The Kier molecular flexibility index (Phi) is 4.11. The van der Waals surface area contributed by atoms with Crippen LogP contribution in [0.15, 0.2) is 18.2 Å². The molecular formula is C11H13F4NO. The minimum atomic E-state index is -4.78. The predicted molar refractivity (Wildman–Crippen MR) is 54.6 cm³/mol. The number of rotatable bonds is 3. The fraction of sp³-hybridized carbons (Fsp3) is 0.455. The summed E-state index contributed by atoms with van der Waals surface area (Å²) >= 11 is 0. The predicted octanol–water partition coefficient (Wildman–Crippen LogP) is 2.62. The molecule has 3 N–H and O–H groups in total. The molecule has 0 aliphatic heterocycles. The molecule has 96 valence electrons. The molecule has 0 aromatic heterocycles. The van der Waals surface area contributed by atoms with Gasteiger partial charge in [-0.05, 0) is 24.1 Å². The fourth-order valence-corrected chi connectivity index (χ4v) is 1.41. The van der Waals surface area contributed by atoms with Gasteiger partial charge in [-0.25, -0.2) is 4.39 Å². The van der Waals surface area contributed by atoms with E-state index < -0.39 is 29.7 Å². The number of alkyl halides is 3. The maximum absolute atomic E-state index is 13.0. The number of halogens is 4. The maximum atomic E-state index is 13.0. The summed E-state index contributed by atoms with van der Waals surface area (Å²) in [6.07, 6.45) is -5.61. The zero-order valence-corrected chi connectivity index (χ0v) is 9.13. The van der Waals surface area contributed by atoms with E-state index in [0.29, 0.717) is 18.6 Å². The van der Waals surface area contributed by atoms with Gasteiger partial charge in [-0.2, -0.15) is 13.2 Å². The van der Waals surface area contributed by atoms with Gasteiger partial charge < -0.3 is 10.8 Å². The lowest BCUT2D eigenvalue weighted by Gasteiger charge is -2.19. The van der Waals surface area contributed by atoms with Gasteiger partial charge in [0, 0.05) is 6.04 Å². The maximum Gasteiger partial charge on any atom is 0.419 e. The van der Waals surface area contributed by atoms with Crippen LogP contribution in [0.1, 0.15) is 30.6 Å². The highest BCUT2D eigenvalue weighted by molar-refractivity contribution is 5.29. The van der Waals surface area contributed by atoms with Gasteiger partial charge in [0.1, 0.15) is 5.82 Å². The molecule has 2 unspecified atom stereocenters. The molecule has 0 radical (unpaired) electrons. The average Bonchev–Trinajstić information content (AvgIpc) is 2.26. The first kappa shape index (κ1) is 13.9. The monoisotopic (exact) mass is 251 g/mol. The second-order valence-electron chi connectivity index (χ2n) is 3.75. The van der Waals surface area contributed by atoms with Gasteiger partial charge in [0.05, 0.1) is 11.7 Å². The van der Waals surface area contributed by atoms with Gasteiger partial charge in [-0.3, -0.25) is 0 Å². The van der Waals surface area contributed by atoms with Crippen molar-refractivity contribution in [1.82, 2.24) is 0 Å². The van der Waals surface area contributed by atoms with E-state index in [-0.39, 0.29) is 5.56 Å². The van der Waals surface area contributed by atoms with E-state index in [1.54, 1.807) is 6.92 Å². The summed E-state index contributed by atoms with van der Waals surface area (Å²) in [5.41, 5.74) is 4.10. The molecule has 6 heteroatoms. The van der Waals surface area contributed by atoms with Crippen LogP contribution in [0.5, 0.6) is 0 Å². The van der Waals surface area contributed by atoms with E-state index in [1.807, 2.05) is 0 Å². The number of aliphatic hydroxyl groups excluding tert-OH is 1. The molecule has 2 atom stereocenters. The quantitative estimate of drug-likeness (QED) is 0.811. The third-order valence-corrected chi connectivity index (χ3v) is 2.51. The summed E-state index contributed by atoms with van der Waals surface area (Å²) in [4.78, 5) is 0. The molecule has 0 bridgehead atoms. The largest absolute Gasteiger partial charge is 0.419 e. The van der Waals surface area contributed by atoms with Gasteiger partial charge in [-0.15, -0.1) is 0 Å². The third kappa shape index (κ3) is 3.17. The summed E-state index contributed by atoms with van der Waals surface area (Å²) in [6, 6.07) is 1.70. The highest BCUT2D eigenvalue weighted by Gasteiger charge is 2.34. The molecule has 0 heterocycles. The summed E-state index contributed by atoms with van der Waals surface area (Å²) in [5, 5.41) is 9.66. The number of hydrogen-bond donors (Lipinski definition) is 2. The van der Waals surface area contributed by atoms with Crippen molar-refractivity contribution < 1.29 is 22.7 Å². The van der Waals surface area contributed by atoms with Crippen molar-refractivity contribution in [1.29, 1.82) is 0 Å². The Morgan fingerprint density at radius 1 is 1.35 bits per heavy atom. The zero-order valence-electron chi connectivity index (χ0n) is 9.13. The number of nitrogens with two attached hydrogens (primary N) is 1. The lowest BCUT2D eigenvalue weighted by atomic mass is 9.99. The molecule has 0 aliphatic carbocycles. The molecular weight excluding hydrogens is 238 g/mol. The van der Waals surface area contributed by atoms with E-state index in [9.17, 15) is 22.7 Å². The molecule has 0 saturated heterocycles. The van der Waals surface area contributed by atoms with Gasteiger partial charge in [-0.1, -0.05) is 13.0 Å². The first-order valence-electron chi connectivity index (χ1n) is 5.07. The second-order valence-corrected chi connectivity index (χ2v) is 3.75. The zero-order chi connectivity index (χ0) is 13.2. The highest BCUT2D eigenvalue weighted by atomic mass is 19.4. The van der Waals surface area contributed by atoms with E-state index in [0.717, 1.165) is 6.07 Å². The number of hydrogen-bond acceptors (Lipinski definition) is 2. The first-order valence-corrected chi connectivity index (χ1v) is 5.07. The molecule has 17 heavy (non-hydrogen) atoms. The molecule has 0 amide bonds. The number of aliphatic hydroxyl groups is 1. The normalized spacial score (nSPS) is 15.7. The average molecular weight is 251 g/mol. The van der Waals surface area contributed by atoms with E-state index in [1.165, 1.54) is 0 Å². The van der Waals surface area contributed by atoms with Crippen LogP contribution in [-0.4, -0.2) is 11.1 Å². The van der Waals surface area contributed by atoms with Gasteiger partial charge in [0.15, 0.2) is 0 Å². The molecule has 0 fully saturated rings. The third-order valence-electron chi connectivity index (χ3n) is 2.51. The van der Waals surface area contributed by atoms with Crippen LogP contribution in [0.3, 0.4) is 0 Å². The Balaban J connectivity index is 3.13. The minimum absolute atomic E-state index is 0.0342. The van der Waals surface area contributed by atoms with Crippen LogP contribution < -0.4 is 5.73 Å². The lowest BCUT2D eigenvalue weighted by Crippen LogP contribution is -2.27. The van der Waals surface area contributed by atoms with Crippen LogP contribution >= 0.6 is 0 Å². The summed E-state index contributed by atoms with van der Waals surface area (Å²) in [5.74, 6) is -1.36. The molecule has 2 nitrogen and oxygen atoms in total. The van der Waals surface area contributed by atoms with Gasteiger partial charge >= 0.3 is 6.18 Å². The topological polar surface area (TPSA) is 46.2 Å². The summed E-state index contributed by atoms with van der Waals surface area (Å²) in [6.45, 7) is 1.70. The van der Waals surface area contributed by atoms with Crippen molar-refractivity contribution in [2.75, 3.05) is 0 Å². The molecule has 0 aliphatic rings.